The molecule has 8 nitrogen and oxygen atoms in total. The average molecular weight is 251 g/mol. The van der Waals surface area contributed by atoms with Gasteiger partial charge in [0.05, 0.1) is 12.6 Å². The quantitative estimate of drug-likeness (QED) is 0.432. The van der Waals surface area contributed by atoms with Crippen molar-refractivity contribution in [3.05, 3.63) is 40.2 Å². The second-order valence-corrected chi connectivity index (χ2v) is 3.71. The first-order valence-corrected chi connectivity index (χ1v) is 5.54. The summed E-state index contributed by atoms with van der Waals surface area (Å²) in [6.45, 7) is 1.25. The summed E-state index contributed by atoms with van der Waals surface area (Å²) in [5, 5.41) is 20.1. The highest BCUT2D eigenvalue weighted by Crippen LogP contribution is 2.15. The molecule has 0 bridgehead atoms. The van der Waals surface area contributed by atoms with Crippen molar-refractivity contribution in [2.24, 2.45) is 0 Å². The van der Waals surface area contributed by atoms with E-state index in [0.29, 0.717) is 12.3 Å². The van der Waals surface area contributed by atoms with E-state index in [1.165, 1.54) is 12.4 Å². The Kier molecular flexibility index (Phi) is 4.02. The smallest absolute Gasteiger partial charge is 0.404 e. The Labute approximate surface area is 103 Å². The second kappa shape index (κ2) is 5.92. The molecule has 96 valence electrons. The van der Waals surface area contributed by atoms with Gasteiger partial charge in [-0.3, -0.25) is 15.2 Å². The average Bonchev–Trinajstić information content (AvgIpc) is 2.98. The van der Waals surface area contributed by atoms with Crippen molar-refractivity contribution in [2.45, 2.75) is 19.4 Å². The lowest BCUT2D eigenvalue weighted by Crippen LogP contribution is -2.15. The lowest BCUT2D eigenvalue weighted by atomic mass is 10.3. The van der Waals surface area contributed by atoms with Crippen molar-refractivity contribution in [3.8, 4) is 0 Å². The predicted octanol–water partition coefficient (Wildman–Crippen LogP) is 1.03. The van der Waals surface area contributed by atoms with E-state index in [9.17, 15) is 10.1 Å². The van der Waals surface area contributed by atoms with Crippen molar-refractivity contribution in [1.82, 2.24) is 20.5 Å². The van der Waals surface area contributed by atoms with Gasteiger partial charge in [-0.15, -0.1) is 0 Å². The largest absolute Gasteiger partial charge is 0.433 e. The van der Waals surface area contributed by atoms with E-state index in [0.717, 1.165) is 25.2 Å². The van der Waals surface area contributed by atoms with Crippen LogP contribution in [0.2, 0.25) is 0 Å². The number of aromatic amines is 1. The van der Waals surface area contributed by atoms with Gasteiger partial charge >= 0.3 is 5.88 Å². The zero-order chi connectivity index (χ0) is 12.8. The van der Waals surface area contributed by atoms with Gasteiger partial charge in [-0.2, -0.15) is 5.10 Å². The normalized spacial score (nSPS) is 10.7. The van der Waals surface area contributed by atoms with Crippen molar-refractivity contribution in [1.29, 1.82) is 0 Å². The number of aromatic nitrogens is 3. The third-order valence-corrected chi connectivity index (χ3v) is 2.36. The molecule has 2 rings (SSSR count). The molecule has 18 heavy (non-hydrogen) atoms. The molecule has 0 unspecified atom stereocenters. The van der Waals surface area contributed by atoms with E-state index < -0.39 is 4.92 Å². The number of hydrogen-bond acceptors (Lipinski definition) is 6. The molecule has 2 heterocycles. The van der Waals surface area contributed by atoms with E-state index in [2.05, 4.69) is 20.5 Å². The van der Waals surface area contributed by atoms with Crippen LogP contribution in [0.25, 0.3) is 0 Å². The van der Waals surface area contributed by atoms with Crippen LogP contribution in [-0.4, -0.2) is 26.6 Å². The maximum absolute atomic E-state index is 10.4. The third kappa shape index (κ3) is 3.39. The lowest BCUT2D eigenvalue weighted by Gasteiger charge is -2.00. The first-order valence-electron chi connectivity index (χ1n) is 5.54. The Morgan fingerprint density at radius 3 is 3.06 bits per heavy atom. The minimum absolute atomic E-state index is 0.228. The second-order valence-electron chi connectivity index (χ2n) is 3.71. The predicted molar refractivity (Wildman–Crippen MR) is 61.8 cm³/mol. The molecule has 0 saturated carbocycles. The van der Waals surface area contributed by atoms with Gasteiger partial charge in [0.25, 0.3) is 0 Å². The summed E-state index contributed by atoms with van der Waals surface area (Å²) >= 11 is 0. The van der Waals surface area contributed by atoms with Crippen LogP contribution >= 0.6 is 0 Å². The zero-order valence-corrected chi connectivity index (χ0v) is 9.63. The van der Waals surface area contributed by atoms with Crippen LogP contribution in [0, 0.1) is 10.1 Å². The van der Waals surface area contributed by atoms with Crippen LogP contribution in [0.15, 0.2) is 22.9 Å². The van der Waals surface area contributed by atoms with Crippen LogP contribution in [0.1, 0.15) is 18.0 Å². The molecule has 0 amide bonds. The van der Waals surface area contributed by atoms with Gasteiger partial charge < -0.3 is 9.73 Å². The Hall–Kier alpha value is -2.22. The van der Waals surface area contributed by atoms with Crippen molar-refractivity contribution in [3.63, 3.8) is 0 Å². The molecule has 2 aromatic rings. The SMILES string of the molecule is O=[N+]([O-])c1ccc(CNCCCc2ncn[nH]2)o1. The van der Waals surface area contributed by atoms with Gasteiger partial charge in [-0.25, -0.2) is 4.98 Å². The molecule has 0 saturated heterocycles. The number of nitrogens with zero attached hydrogens (tertiary/aromatic N) is 3. The summed E-state index contributed by atoms with van der Waals surface area (Å²) in [7, 11) is 0. The van der Waals surface area contributed by atoms with Gasteiger partial charge in [-0.1, -0.05) is 0 Å². The Morgan fingerprint density at radius 2 is 2.39 bits per heavy atom. The molecule has 0 aliphatic heterocycles. The number of rotatable bonds is 7. The topological polar surface area (TPSA) is 110 Å². The summed E-state index contributed by atoms with van der Waals surface area (Å²) in [6, 6.07) is 2.95. The summed E-state index contributed by atoms with van der Waals surface area (Å²) in [5.74, 6) is 1.18. The zero-order valence-electron chi connectivity index (χ0n) is 9.63. The molecule has 0 radical (unpaired) electrons. The number of furan rings is 1. The minimum Gasteiger partial charge on any atom is -0.404 e. The Balaban J connectivity index is 1.64. The van der Waals surface area contributed by atoms with Crippen LogP contribution in [-0.2, 0) is 13.0 Å². The highest BCUT2D eigenvalue weighted by Gasteiger charge is 2.10. The van der Waals surface area contributed by atoms with E-state index >= 15 is 0 Å². The molecule has 0 fully saturated rings. The summed E-state index contributed by atoms with van der Waals surface area (Å²) in [6.07, 6.45) is 3.19. The van der Waals surface area contributed by atoms with E-state index in [4.69, 9.17) is 4.42 Å². The molecule has 8 heteroatoms. The van der Waals surface area contributed by atoms with E-state index in [1.54, 1.807) is 6.07 Å². The molecule has 0 spiro atoms. The maximum atomic E-state index is 10.4. The van der Waals surface area contributed by atoms with Gasteiger partial charge in [0.2, 0.25) is 0 Å². The number of nitro groups is 1. The van der Waals surface area contributed by atoms with Crippen LogP contribution in [0.3, 0.4) is 0 Å². The highest BCUT2D eigenvalue weighted by molar-refractivity contribution is 5.17. The van der Waals surface area contributed by atoms with E-state index in [1.807, 2.05) is 0 Å². The number of H-pyrrole nitrogens is 1. The minimum atomic E-state index is -0.548. The van der Waals surface area contributed by atoms with Crippen molar-refractivity contribution >= 4 is 5.88 Å². The summed E-state index contributed by atoms with van der Waals surface area (Å²) in [5.41, 5.74) is 0. The summed E-state index contributed by atoms with van der Waals surface area (Å²) in [4.78, 5) is 13.9. The standard InChI is InChI=1S/C10H13N5O3/c16-15(17)10-4-3-8(18-10)6-11-5-1-2-9-12-7-13-14-9/h3-4,7,11H,1-2,5-6H2,(H,12,13,14). The monoisotopic (exact) mass is 251 g/mol. The number of nitrogens with one attached hydrogen (secondary N) is 2. The van der Waals surface area contributed by atoms with Crippen molar-refractivity contribution in [2.75, 3.05) is 6.54 Å². The van der Waals surface area contributed by atoms with Gasteiger partial charge in [0, 0.05) is 6.42 Å². The van der Waals surface area contributed by atoms with Crippen molar-refractivity contribution < 1.29 is 9.34 Å². The van der Waals surface area contributed by atoms with Gasteiger partial charge in [0.1, 0.15) is 22.8 Å². The Morgan fingerprint density at radius 1 is 1.50 bits per heavy atom. The molecule has 2 aromatic heterocycles. The highest BCUT2D eigenvalue weighted by atomic mass is 16.6. The van der Waals surface area contributed by atoms with E-state index in [-0.39, 0.29) is 5.88 Å². The molecule has 0 aromatic carbocycles. The third-order valence-electron chi connectivity index (χ3n) is 2.36. The fraction of sp³-hybridized carbons (Fsp3) is 0.400. The van der Waals surface area contributed by atoms with Gasteiger partial charge in [0.15, 0.2) is 0 Å². The van der Waals surface area contributed by atoms with Crippen LogP contribution in [0.5, 0.6) is 0 Å². The molecule has 0 aliphatic carbocycles. The lowest BCUT2D eigenvalue weighted by molar-refractivity contribution is -0.402. The first-order chi connectivity index (χ1) is 8.75. The fourth-order valence-electron chi connectivity index (χ4n) is 1.50. The molecule has 2 N–H and O–H groups in total. The molecular formula is C10H13N5O3. The molecule has 0 aliphatic rings. The number of aryl methyl sites for hydroxylation is 1. The van der Waals surface area contributed by atoms with Crippen LogP contribution in [0.4, 0.5) is 5.88 Å². The molecular weight excluding hydrogens is 238 g/mol. The fourth-order valence-corrected chi connectivity index (χ4v) is 1.50. The van der Waals surface area contributed by atoms with Crippen LogP contribution < -0.4 is 5.32 Å². The first kappa shape index (κ1) is 12.2. The summed E-state index contributed by atoms with van der Waals surface area (Å²) < 4.78 is 5.01. The maximum Gasteiger partial charge on any atom is 0.433 e. The van der Waals surface area contributed by atoms with Gasteiger partial charge in [-0.05, 0) is 19.0 Å². The number of hydrogen-bond donors (Lipinski definition) is 2. The Bertz CT molecular complexity index is 493. The molecule has 0 atom stereocenters.